The number of ether oxygens (including phenoxy) is 5. The van der Waals surface area contributed by atoms with Crippen LogP contribution in [0.3, 0.4) is 0 Å². The molecule has 4 atom stereocenters. The summed E-state index contributed by atoms with van der Waals surface area (Å²) in [5.41, 5.74) is 1.98. The van der Waals surface area contributed by atoms with Crippen LogP contribution in [-0.2, 0) is 46.5 Å². The molecule has 160 valence electrons. The Balaban J connectivity index is 1.70. The van der Waals surface area contributed by atoms with Gasteiger partial charge in [0.2, 0.25) is 6.29 Å². The van der Waals surface area contributed by atoms with Crippen LogP contribution in [0.2, 0.25) is 0 Å². The van der Waals surface area contributed by atoms with E-state index in [1.54, 1.807) is 0 Å². The third-order valence-electron chi connectivity index (χ3n) is 4.53. The van der Waals surface area contributed by atoms with Crippen molar-refractivity contribution in [1.82, 2.24) is 0 Å². The van der Waals surface area contributed by atoms with Gasteiger partial charge in [-0.25, -0.2) is 0 Å². The smallest absolute Gasteiger partial charge is 0.305 e. The molecular weight excluding hydrogens is 388 g/mol. The first-order valence-electron chi connectivity index (χ1n) is 9.80. The number of benzene rings is 2. The van der Waals surface area contributed by atoms with Crippen molar-refractivity contribution >= 4 is 11.9 Å². The van der Waals surface area contributed by atoms with Crippen LogP contribution < -0.4 is 0 Å². The summed E-state index contributed by atoms with van der Waals surface area (Å²) < 4.78 is 28.3. The molecule has 0 amide bonds. The third kappa shape index (κ3) is 6.38. The molecule has 0 aromatic heterocycles. The Hall–Kier alpha value is -2.74. The first kappa shape index (κ1) is 22.0. The molecule has 0 radical (unpaired) electrons. The van der Waals surface area contributed by atoms with Gasteiger partial charge in [0.1, 0.15) is 12.2 Å². The summed E-state index contributed by atoms with van der Waals surface area (Å²) in [5.74, 6) is -1.05. The van der Waals surface area contributed by atoms with Gasteiger partial charge in [-0.2, -0.15) is 0 Å². The zero-order valence-electron chi connectivity index (χ0n) is 17.1. The predicted molar refractivity (Wildman–Crippen MR) is 107 cm³/mol. The second-order valence-electron chi connectivity index (χ2n) is 6.99. The fourth-order valence-electron chi connectivity index (χ4n) is 3.24. The minimum Gasteiger partial charge on any atom is -0.453 e. The number of carbonyl (C=O) groups excluding carboxylic acids is 2. The van der Waals surface area contributed by atoms with E-state index in [4.69, 9.17) is 23.7 Å². The van der Waals surface area contributed by atoms with Gasteiger partial charge in [-0.1, -0.05) is 60.7 Å². The molecule has 0 N–H and O–H groups in total. The van der Waals surface area contributed by atoms with Gasteiger partial charge in [-0.05, 0) is 11.1 Å². The van der Waals surface area contributed by atoms with Crippen molar-refractivity contribution in [3.63, 3.8) is 0 Å². The Kier molecular flexibility index (Phi) is 7.96. The first-order valence-corrected chi connectivity index (χ1v) is 9.80. The Bertz CT molecular complexity index is 809. The van der Waals surface area contributed by atoms with Crippen LogP contribution in [-0.4, -0.2) is 43.1 Å². The molecule has 1 saturated heterocycles. The van der Waals surface area contributed by atoms with Crippen molar-refractivity contribution in [3.8, 4) is 0 Å². The minimum atomic E-state index is -1.06. The summed E-state index contributed by atoms with van der Waals surface area (Å²) in [6, 6.07) is 19.3. The van der Waals surface area contributed by atoms with Crippen LogP contribution in [0, 0.1) is 0 Å². The van der Waals surface area contributed by atoms with E-state index in [-0.39, 0.29) is 13.2 Å². The molecular formula is C23H26O7. The fourth-order valence-corrected chi connectivity index (χ4v) is 3.24. The fraction of sp³-hybridized carbons (Fsp3) is 0.391. The molecule has 7 heteroatoms. The van der Waals surface area contributed by atoms with Gasteiger partial charge in [0.15, 0.2) is 6.10 Å². The lowest BCUT2D eigenvalue weighted by Crippen LogP contribution is -2.41. The van der Waals surface area contributed by atoms with Gasteiger partial charge < -0.3 is 23.7 Å². The molecule has 1 unspecified atom stereocenters. The maximum Gasteiger partial charge on any atom is 0.305 e. The molecule has 2 aromatic rings. The number of esters is 2. The molecule has 1 aliphatic rings. The van der Waals surface area contributed by atoms with Gasteiger partial charge in [0.25, 0.3) is 0 Å². The molecule has 7 nitrogen and oxygen atoms in total. The highest BCUT2D eigenvalue weighted by Crippen LogP contribution is 2.29. The van der Waals surface area contributed by atoms with Gasteiger partial charge in [-0.3, -0.25) is 9.59 Å². The largest absolute Gasteiger partial charge is 0.453 e. The van der Waals surface area contributed by atoms with E-state index in [2.05, 4.69) is 0 Å². The van der Waals surface area contributed by atoms with E-state index in [0.717, 1.165) is 11.1 Å². The Morgan fingerprint density at radius 1 is 0.800 bits per heavy atom. The summed E-state index contributed by atoms with van der Waals surface area (Å²) in [5, 5.41) is 0. The van der Waals surface area contributed by atoms with Crippen LogP contribution >= 0.6 is 0 Å². The van der Waals surface area contributed by atoms with Crippen LogP contribution in [0.1, 0.15) is 25.0 Å². The molecule has 3 rings (SSSR count). The van der Waals surface area contributed by atoms with Crippen molar-refractivity contribution < 1.29 is 33.3 Å². The monoisotopic (exact) mass is 414 g/mol. The molecule has 0 saturated carbocycles. The number of carbonyl (C=O) groups is 2. The average molecular weight is 414 g/mol. The second-order valence-corrected chi connectivity index (χ2v) is 6.99. The summed E-state index contributed by atoms with van der Waals surface area (Å²) in [6.45, 7) is 3.42. The van der Waals surface area contributed by atoms with Crippen molar-refractivity contribution in [1.29, 1.82) is 0 Å². The highest BCUT2D eigenvalue weighted by molar-refractivity contribution is 5.67. The summed E-state index contributed by atoms with van der Waals surface area (Å²) >= 11 is 0. The van der Waals surface area contributed by atoms with Crippen molar-refractivity contribution in [2.75, 3.05) is 6.61 Å². The topological polar surface area (TPSA) is 80.3 Å². The summed E-state index contributed by atoms with van der Waals surface area (Å²) in [6.07, 6.45) is -3.18. The Morgan fingerprint density at radius 3 is 1.93 bits per heavy atom. The van der Waals surface area contributed by atoms with Crippen molar-refractivity contribution in [3.05, 3.63) is 71.8 Å². The summed E-state index contributed by atoms with van der Waals surface area (Å²) in [7, 11) is 0. The quantitative estimate of drug-likeness (QED) is 0.584. The number of hydrogen-bond donors (Lipinski definition) is 0. The molecule has 0 aliphatic carbocycles. The molecule has 1 fully saturated rings. The van der Waals surface area contributed by atoms with Gasteiger partial charge in [0, 0.05) is 13.8 Å². The van der Waals surface area contributed by atoms with E-state index in [1.807, 2.05) is 60.7 Å². The molecule has 2 aromatic carbocycles. The number of rotatable bonds is 9. The van der Waals surface area contributed by atoms with E-state index in [9.17, 15) is 9.59 Å². The standard InChI is InChI=1S/C23H26O7/c1-16(24)28-22-21(27-14-19-11-7-4-8-12-19)20(30-23(22)29-17(2)25)15-26-13-18-9-5-3-6-10-18/h3-12,20-23H,13-15H2,1-2H3/t20-,21+,22-,23?/m0/s1. The minimum absolute atomic E-state index is 0.184. The van der Waals surface area contributed by atoms with E-state index in [0.29, 0.717) is 6.61 Å². The van der Waals surface area contributed by atoms with E-state index >= 15 is 0 Å². The van der Waals surface area contributed by atoms with Crippen LogP contribution in [0.15, 0.2) is 60.7 Å². The molecule has 0 bridgehead atoms. The highest BCUT2D eigenvalue weighted by Gasteiger charge is 2.49. The molecule has 1 heterocycles. The van der Waals surface area contributed by atoms with Crippen molar-refractivity contribution in [2.24, 2.45) is 0 Å². The normalized spacial score (nSPS) is 23.1. The molecule has 1 aliphatic heterocycles. The lowest BCUT2D eigenvalue weighted by Gasteiger charge is -2.23. The Labute approximate surface area is 175 Å². The number of hydrogen-bond acceptors (Lipinski definition) is 7. The highest BCUT2D eigenvalue weighted by atomic mass is 16.7. The third-order valence-corrected chi connectivity index (χ3v) is 4.53. The van der Waals surface area contributed by atoms with E-state index < -0.39 is 36.5 Å². The summed E-state index contributed by atoms with van der Waals surface area (Å²) in [4.78, 5) is 23.2. The zero-order valence-corrected chi connectivity index (χ0v) is 17.1. The molecule has 0 spiro atoms. The van der Waals surface area contributed by atoms with Crippen LogP contribution in [0.25, 0.3) is 0 Å². The Morgan fingerprint density at radius 2 is 1.37 bits per heavy atom. The van der Waals surface area contributed by atoms with Gasteiger partial charge in [-0.15, -0.1) is 0 Å². The first-order chi connectivity index (χ1) is 14.5. The predicted octanol–water partition coefficient (Wildman–Crippen LogP) is 3.01. The SMILES string of the molecule is CC(=O)OC1O[C@@H](COCc2ccccc2)[C@@H](OCc2ccccc2)[C@@H]1OC(C)=O. The zero-order chi connectivity index (χ0) is 21.3. The van der Waals surface area contributed by atoms with E-state index in [1.165, 1.54) is 13.8 Å². The van der Waals surface area contributed by atoms with Crippen molar-refractivity contribution in [2.45, 2.75) is 51.7 Å². The molecule has 30 heavy (non-hydrogen) atoms. The second kappa shape index (κ2) is 10.9. The lowest BCUT2D eigenvalue weighted by molar-refractivity contribution is -0.197. The van der Waals surface area contributed by atoms with Gasteiger partial charge >= 0.3 is 11.9 Å². The maximum atomic E-state index is 11.7. The average Bonchev–Trinajstić information content (AvgIpc) is 3.03. The van der Waals surface area contributed by atoms with Crippen LogP contribution in [0.5, 0.6) is 0 Å². The van der Waals surface area contributed by atoms with Crippen LogP contribution in [0.4, 0.5) is 0 Å². The van der Waals surface area contributed by atoms with Gasteiger partial charge in [0.05, 0.1) is 19.8 Å². The maximum absolute atomic E-state index is 11.7. The lowest BCUT2D eigenvalue weighted by atomic mass is 10.1.